The molecule has 150 valence electrons. The molecule has 0 aliphatic carbocycles. The maximum atomic E-state index is 12.9. The third kappa shape index (κ3) is 4.84. The van der Waals surface area contributed by atoms with Crippen molar-refractivity contribution in [1.82, 2.24) is 15.0 Å². The first kappa shape index (κ1) is 19.2. The number of hydrogen-bond acceptors (Lipinski definition) is 4. The molecule has 6 nitrogen and oxygen atoms in total. The van der Waals surface area contributed by atoms with E-state index in [1.165, 1.54) is 0 Å². The van der Waals surface area contributed by atoms with E-state index in [9.17, 15) is 4.79 Å². The Bertz CT molecular complexity index is 954. The van der Waals surface area contributed by atoms with E-state index in [-0.39, 0.29) is 6.03 Å². The van der Waals surface area contributed by atoms with E-state index in [1.54, 1.807) is 0 Å². The molecule has 2 heterocycles. The molecule has 29 heavy (non-hydrogen) atoms. The highest BCUT2D eigenvalue weighted by Gasteiger charge is 2.20. The summed E-state index contributed by atoms with van der Waals surface area (Å²) in [4.78, 5) is 17.2. The van der Waals surface area contributed by atoms with Crippen molar-refractivity contribution < 1.29 is 9.32 Å². The summed E-state index contributed by atoms with van der Waals surface area (Å²) < 4.78 is 5.16. The summed E-state index contributed by atoms with van der Waals surface area (Å²) >= 11 is 0. The minimum Gasteiger partial charge on any atom is -0.361 e. The number of anilines is 1. The lowest BCUT2D eigenvalue weighted by Gasteiger charge is -2.22. The van der Waals surface area contributed by atoms with Crippen molar-refractivity contribution in [3.05, 3.63) is 72.1 Å². The van der Waals surface area contributed by atoms with Gasteiger partial charge in [0.15, 0.2) is 0 Å². The van der Waals surface area contributed by atoms with Crippen LogP contribution in [0.2, 0.25) is 0 Å². The van der Waals surface area contributed by atoms with Gasteiger partial charge < -0.3 is 14.7 Å². The van der Waals surface area contributed by atoms with E-state index in [0.29, 0.717) is 6.54 Å². The Morgan fingerprint density at radius 1 is 1.03 bits per heavy atom. The van der Waals surface area contributed by atoms with Crippen LogP contribution in [0.25, 0.3) is 11.1 Å². The standard InChI is InChI=1S/C23H26N4O2/c1-18-16-20(25-29-18)17-26-12-7-13-27(15-14-26)23(28)24-22-11-6-5-10-21(22)19-8-3-2-4-9-19/h2-6,8-11,16H,7,12-15,17H2,1H3,(H,24,28). The molecule has 0 atom stereocenters. The number of amides is 2. The lowest BCUT2D eigenvalue weighted by molar-refractivity contribution is 0.210. The number of nitrogens with one attached hydrogen (secondary N) is 1. The summed E-state index contributed by atoms with van der Waals surface area (Å²) in [6.45, 7) is 5.85. The fourth-order valence-electron chi connectivity index (χ4n) is 3.71. The molecule has 3 aromatic rings. The van der Waals surface area contributed by atoms with Crippen LogP contribution in [-0.2, 0) is 6.54 Å². The Morgan fingerprint density at radius 2 is 1.83 bits per heavy atom. The molecule has 1 N–H and O–H groups in total. The Labute approximate surface area is 171 Å². The van der Waals surface area contributed by atoms with Crippen molar-refractivity contribution in [2.24, 2.45) is 0 Å². The molecule has 4 rings (SSSR count). The van der Waals surface area contributed by atoms with Gasteiger partial charge in [0, 0.05) is 44.4 Å². The molecule has 0 spiro atoms. The average molecular weight is 390 g/mol. The van der Waals surface area contributed by atoms with E-state index >= 15 is 0 Å². The van der Waals surface area contributed by atoms with E-state index in [0.717, 1.165) is 60.9 Å². The first-order chi connectivity index (χ1) is 14.2. The molecule has 1 aromatic heterocycles. The maximum Gasteiger partial charge on any atom is 0.321 e. The molecule has 2 aromatic carbocycles. The van der Waals surface area contributed by atoms with Crippen LogP contribution in [-0.4, -0.2) is 47.2 Å². The molecule has 6 heteroatoms. The monoisotopic (exact) mass is 390 g/mol. The normalized spacial score (nSPS) is 15.1. The fourth-order valence-corrected chi connectivity index (χ4v) is 3.71. The number of urea groups is 1. The first-order valence-corrected chi connectivity index (χ1v) is 10.0. The minimum atomic E-state index is -0.0486. The smallest absolute Gasteiger partial charge is 0.321 e. The topological polar surface area (TPSA) is 61.6 Å². The summed E-state index contributed by atoms with van der Waals surface area (Å²) in [5.41, 5.74) is 3.90. The number of hydrogen-bond donors (Lipinski definition) is 1. The summed E-state index contributed by atoms with van der Waals surface area (Å²) in [5, 5.41) is 7.19. The van der Waals surface area contributed by atoms with Crippen molar-refractivity contribution in [2.75, 3.05) is 31.5 Å². The van der Waals surface area contributed by atoms with Gasteiger partial charge in [-0.2, -0.15) is 0 Å². The Kier molecular flexibility index (Phi) is 5.91. The number of aryl methyl sites for hydroxylation is 1. The van der Waals surface area contributed by atoms with Crippen LogP contribution >= 0.6 is 0 Å². The van der Waals surface area contributed by atoms with Crippen molar-refractivity contribution in [3.8, 4) is 11.1 Å². The predicted octanol–water partition coefficient (Wildman–Crippen LogP) is 4.39. The van der Waals surface area contributed by atoms with Gasteiger partial charge in [-0.1, -0.05) is 53.7 Å². The molecule has 0 bridgehead atoms. The van der Waals surface area contributed by atoms with Crippen molar-refractivity contribution in [1.29, 1.82) is 0 Å². The number of carbonyl (C=O) groups excluding carboxylic acids is 1. The summed E-state index contributed by atoms with van der Waals surface area (Å²) in [6.07, 6.45) is 0.935. The van der Waals surface area contributed by atoms with Gasteiger partial charge in [0.25, 0.3) is 0 Å². The Balaban J connectivity index is 1.39. The quantitative estimate of drug-likeness (QED) is 0.718. The first-order valence-electron chi connectivity index (χ1n) is 10.0. The summed E-state index contributed by atoms with van der Waals surface area (Å²) in [6, 6.07) is 20.0. The lowest BCUT2D eigenvalue weighted by Crippen LogP contribution is -2.38. The number of nitrogens with zero attached hydrogens (tertiary/aromatic N) is 3. The Hall–Kier alpha value is -3.12. The van der Waals surface area contributed by atoms with Crippen molar-refractivity contribution in [2.45, 2.75) is 19.9 Å². The van der Waals surface area contributed by atoms with Crippen molar-refractivity contribution in [3.63, 3.8) is 0 Å². The molecule has 1 fully saturated rings. The van der Waals surface area contributed by atoms with Gasteiger partial charge in [-0.25, -0.2) is 4.79 Å². The molecule has 0 saturated carbocycles. The fraction of sp³-hybridized carbons (Fsp3) is 0.304. The largest absolute Gasteiger partial charge is 0.361 e. The van der Waals surface area contributed by atoms with Gasteiger partial charge in [-0.15, -0.1) is 0 Å². The highest BCUT2D eigenvalue weighted by molar-refractivity contribution is 5.94. The third-order valence-corrected chi connectivity index (χ3v) is 5.19. The molecule has 0 radical (unpaired) electrons. The van der Waals surface area contributed by atoms with Gasteiger partial charge in [0.05, 0.1) is 11.4 Å². The zero-order valence-electron chi connectivity index (χ0n) is 16.7. The number of carbonyl (C=O) groups is 1. The zero-order chi connectivity index (χ0) is 20.1. The molecule has 1 aliphatic heterocycles. The Morgan fingerprint density at radius 3 is 2.62 bits per heavy atom. The lowest BCUT2D eigenvalue weighted by atomic mass is 10.0. The van der Waals surface area contributed by atoms with Crippen LogP contribution in [0.5, 0.6) is 0 Å². The molecule has 2 amide bonds. The third-order valence-electron chi connectivity index (χ3n) is 5.19. The van der Waals surface area contributed by atoms with Crippen LogP contribution in [0, 0.1) is 6.92 Å². The van der Waals surface area contributed by atoms with Gasteiger partial charge in [-0.3, -0.25) is 4.90 Å². The summed E-state index contributed by atoms with van der Waals surface area (Å²) in [7, 11) is 0. The highest BCUT2D eigenvalue weighted by Crippen LogP contribution is 2.27. The second-order valence-electron chi connectivity index (χ2n) is 7.39. The zero-order valence-corrected chi connectivity index (χ0v) is 16.7. The highest BCUT2D eigenvalue weighted by atomic mass is 16.5. The SMILES string of the molecule is Cc1cc(CN2CCCN(C(=O)Nc3ccccc3-c3ccccc3)CC2)no1. The average Bonchev–Trinajstić information content (AvgIpc) is 3.01. The number of benzene rings is 2. The molecular weight excluding hydrogens is 364 g/mol. The second kappa shape index (κ2) is 8.92. The second-order valence-corrected chi connectivity index (χ2v) is 7.39. The van der Waals surface area contributed by atoms with Gasteiger partial charge in [-0.05, 0) is 25.0 Å². The molecular formula is C23H26N4O2. The minimum absolute atomic E-state index is 0.0486. The number of aromatic nitrogens is 1. The van der Waals surface area contributed by atoms with E-state index in [2.05, 4.69) is 27.5 Å². The summed E-state index contributed by atoms with van der Waals surface area (Å²) in [5.74, 6) is 0.827. The molecule has 0 unspecified atom stereocenters. The van der Waals surface area contributed by atoms with Crippen LogP contribution in [0.3, 0.4) is 0 Å². The van der Waals surface area contributed by atoms with Crippen LogP contribution in [0.4, 0.5) is 10.5 Å². The van der Waals surface area contributed by atoms with Crippen LogP contribution in [0.1, 0.15) is 17.9 Å². The number of rotatable bonds is 4. The van der Waals surface area contributed by atoms with Crippen LogP contribution < -0.4 is 5.32 Å². The van der Waals surface area contributed by atoms with Crippen molar-refractivity contribution >= 4 is 11.7 Å². The van der Waals surface area contributed by atoms with Gasteiger partial charge in [0.2, 0.25) is 0 Å². The van der Waals surface area contributed by atoms with E-state index in [1.807, 2.05) is 60.4 Å². The molecule has 1 saturated heterocycles. The number of para-hydroxylation sites is 1. The maximum absolute atomic E-state index is 12.9. The van der Waals surface area contributed by atoms with Gasteiger partial charge >= 0.3 is 6.03 Å². The predicted molar refractivity (Wildman–Crippen MR) is 114 cm³/mol. The van der Waals surface area contributed by atoms with E-state index in [4.69, 9.17) is 4.52 Å². The van der Waals surface area contributed by atoms with E-state index < -0.39 is 0 Å². The molecule has 1 aliphatic rings. The van der Waals surface area contributed by atoms with Gasteiger partial charge in [0.1, 0.15) is 5.76 Å². The van der Waals surface area contributed by atoms with Crippen LogP contribution in [0.15, 0.2) is 65.2 Å².